The summed E-state index contributed by atoms with van der Waals surface area (Å²) in [6.45, 7) is 0. The van der Waals surface area contributed by atoms with E-state index in [4.69, 9.17) is 0 Å². The fraction of sp³-hybridized carbons (Fsp3) is 0.333. The Morgan fingerprint density at radius 1 is 1.05 bits per heavy atom. The third kappa shape index (κ3) is 2.33. The molecule has 1 N–H and O–H groups in total. The van der Waals surface area contributed by atoms with Crippen molar-refractivity contribution in [2.24, 2.45) is 0 Å². The Labute approximate surface area is 122 Å². The van der Waals surface area contributed by atoms with E-state index in [1.165, 1.54) is 25.7 Å². The minimum absolute atomic E-state index is 0.501. The lowest BCUT2D eigenvalue weighted by Gasteiger charge is -2.12. The molecule has 6 heteroatoms. The van der Waals surface area contributed by atoms with Crippen molar-refractivity contribution in [2.75, 3.05) is 5.32 Å². The van der Waals surface area contributed by atoms with Crippen molar-refractivity contribution in [3.8, 4) is 5.82 Å². The van der Waals surface area contributed by atoms with Crippen LogP contribution in [0.3, 0.4) is 0 Å². The van der Waals surface area contributed by atoms with Crippen LogP contribution < -0.4 is 5.32 Å². The predicted octanol–water partition coefficient (Wildman–Crippen LogP) is 2.57. The van der Waals surface area contributed by atoms with E-state index in [2.05, 4.69) is 25.3 Å². The number of imidazole rings is 1. The zero-order valence-corrected chi connectivity index (χ0v) is 11.6. The molecule has 4 rings (SSSR count). The van der Waals surface area contributed by atoms with Crippen LogP contribution in [-0.2, 0) is 0 Å². The van der Waals surface area contributed by atoms with E-state index in [0.717, 1.165) is 17.0 Å². The molecule has 106 valence electrons. The second kappa shape index (κ2) is 5.12. The van der Waals surface area contributed by atoms with Gasteiger partial charge in [-0.05, 0) is 31.0 Å². The van der Waals surface area contributed by atoms with Gasteiger partial charge in [0, 0.05) is 18.4 Å². The lowest BCUT2D eigenvalue weighted by Crippen LogP contribution is -2.17. The van der Waals surface area contributed by atoms with Gasteiger partial charge in [0.25, 0.3) is 0 Å². The minimum Gasteiger partial charge on any atom is -0.351 e. The van der Waals surface area contributed by atoms with Crippen LogP contribution in [0, 0.1) is 0 Å². The molecule has 3 aromatic rings. The molecule has 0 saturated heterocycles. The Kier molecular flexibility index (Phi) is 2.99. The summed E-state index contributed by atoms with van der Waals surface area (Å²) in [5.41, 5.74) is 1.67. The average molecular weight is 280 g/mol. The number of aromatic nitrogens is 5. The summed E-state index contributed by atoms with van der Waals surface area (Å²) >= 11 is 0. The molecule has 1 aliphatic carbocycles. The second-order valence-electron chi connectivity index (χ2n) is 5.32. The van der Waals surface area contributed by atoms with Crippen molar-refractivity contribution in [3.63, 3.8) is 0 Å². The molecule has 21 heavy (non-hydrogen) atoms. The maximum Gasteiger partial charge on any atom is 0.224 e. The van der Waals surface area contributed by atoms with Gasteiger partial charge in [-0.2, -0.15) is 4.98 Å². The molecule has 0 amide bonds. The number of fused-ring (bicyclic) bond motifs is 1. The highest BCUT2D eigenvalue weighted by Crippen LogP contribution is 2.21. The van der Waals surface area contributed by atoms with E-state index in [-0.39, 0.29) is 0 Å². The van der Waals surface area contributed by atoms with E-state index < -0.39 is 0 Å². The summed E-state index contributed by atoms with van der Waals surface area (Å²) < 4.78 is 1.93. The van der Waals surface area contributed by atoms with Crippen molar-refractivity contribution in [2.45, 2.75) is 31.7 Å². The number of anilines is 1. The van der Waals surface area contributed by atoms with Crippen LogP contribution in [0.15, 0.2) is 36.9 Å². The molecule has 1 aliphatic rings. The Hall–Kier alpha value is -2.50. The Balaban J connectivity index is 1.68. The van der Waals surface area contributed by atoms with Crippen molar-refractivity contribution in [3.05, 3.63) is 36.9 Å². The highest BCUT2D eigenvalue weighted by atomic mass is 15.2. The first kappa shape index (κ1) is 12.3. The first-order valence-corrected chi connectivity index (χ1v) is 7.28. The van der Waals surface area contributed by atoms with Gasteiger partial charge in [-0.1, -0.05) is 12.8 Å². The standard InChI is InChI=1S/C15H16N6/c1-2-5-11(4-1)19-15-17-9-7-13(20-15)21-10-18-14-12(21)6-3-8-16-14/h3,6-11H,1-2,4-5H2,(H,17,19,20). The largest absolute Gasteiger partial charge is 0.351 e. The average Bonchev–Trinajstić information content (AvgIpc) is 3.16. The quantitative estimate of drug-likeness (QED) is 0.798. The normalized spacial score (nSPS) is 15.6. The highest BCUT2D eigenvalue weighted by Gasteiger charge is 2.16. The Bertz CT molecular complexity index is 759. The predicted molar refractivity (Wildman–Crippen MR) is 80.3 cm³/mol. The van der Waals surface area contributed by atoms with Crippen LogP contribution in [-0.4, -0.2) is 30.5 Å². The summed E-state index contributed by atoms with van der Waals surface area (Å²) in [4.78, 5) is 17.5. The van der Waals surface area contributed by atoms with Crippen LogP contribution in [0.2, 0.25) is 0 Å². The van der Waals surface area contributed by atoms with E-state index in [0.29, 0.717) is 12.0 Å². The molecular formula is C15H16N6. The van der Waals surface area contributed by atoms with E-state index in [1.807, 2.05) is 22.8 Å². The Morgan fingerprint density at radius 2 is 1.95 bits per heavy atom. The van der Waals surface area contributed by atoms with Gasteiger partial charge in [-0.25, -0.2) is 15.0 Å². The molecular weight excluding hydrogens is 264 g/mol. The van der Waals surface area contributed by atoms with Crippen molar-refractivity contribution < 1.29 is 0 Å². The maximum atomic E-state index is 4.60. The van der Waals surface area contributed by atoms with Crippen molar-refractivity contribution in [1.82, 2.24) is 24.5 Å². The Morgan fingerprint density at radius 3 is 2.86 bits per heavy atom. The SMILES string of the molecule is c1cnc2ncn(-c3ccnc(NC4CCCC4)n3)c2c1. The highest BCUT2D eigenvalue weighted by molar-refractivity contribution is 5.72. The van der Waals surface area contributed by atoms with Crippen molar-refractivity contribution >= 4 is 17.1 Å². The maximum absolute atomic E-state index is 4.60. The topological polar surface area (TPSA) is 68.5 Å². The zero-order chi connectivity index (χ0) is 14.1. The van der Waals surface area contributed by atoms with Crippen LogP contribution in [0.25, 0.3) is 17.0 Å². The fourth-order valence-electron chi connectivity index (χ4n) is 2.84. The summed E-state index contributed by atoms with van der Waals surface area (Å²) in [7, 11) is 0. The van der Waals surface area contributed by atoms with E-state index >= 15 is 0 Å². The number of hydrogen-bond donors (Lipinski definition) is 1. The zero-order valence-electron chi connectivity index (χ0n) is 11.6. The molecule has 0 bridgehead atoms. The van der Waals surface area contributed by atoms with Crippen molar-refractivity contribution in [1.29, 1.82) is 0 Å². The van der Waals surface area contributed by atoms with Crippen LogP contribution in [0.1, 0.15) is 25.7 Å². The van der Waals surface area contributed by atoms with Gasteiger partial charge < -0.3 is 5.32 Å². The molecule has 0 aliphatic heterocycles. The monoisotopic (exact) mass is 280 g/mol. The molecule has 0 atom stereocenters. The summed E-state index contributed by atoms with van der Waals surface area (Å²) in [6.07, 6.45) is 10.2. The first-order chi connectivity index (χ1) is 10.4. The molecule has 0 spiro atoms. The first-order valence-electron chi connectivity index (χ1n) is 7.28. The van der Waals surface area contributed by atoms with Gasteiger partial charge in [-0.15, -0.1) is 0 Å². The number of hydrogen-bond acceptors (Lipinski definition) is 5. The van der Waals surface area contributed by atoms with E-state index in [9.17, 15) is 0 Å². The van der Waals surface area contributed by atoms with Crippen LogP contribution in [0.4, 0.5) is 5.95 Å². The third-order valence-corrected chi connectivity index (χ3v) is 3.90. The lowest BCUT2D eigenvalue weighted by atomic mass is 10.2. The molecule has 3 heterocycles. The molecule has 1 fully saturated rings. The molecule has 3 aromatic heterocycles. The summed E-state index contributed by atoms with van der Waals surface area (Å²) in [5, 5.41) is 3.42. The number of rotatable bonds is 3. The number of pyridine rings is 1. The summed E-state index contributed by atoms with van der Waals surface area (Å²) in [6, 6.07) is 6.27. The number of nitrogens with zero attached hydrogens (tertiary/aromatic N) is 5. The number of nitrogens with one attached hydrogen (secondary N) is 1. The lowest BCUT2D eigenvalue weighted by molar-refractivity contribution is 0.742. The molecule has 0 unspecified atom stereocenters. The molecule has 0 radical (unpaired) electrons. The van der Waals surface area contributed by atoms with Gasteiger partial charge in [0.2, 0.25) is 5.95 Å². The van der Waals surface area contributed by atoms with Gasteiger partial charge in [0.1, 0.15) is 12.1 Å². The molecule has 1 saturated carbocycles. The van der Waals surface area contributed by atoms with Gasteiger partial charge >= 0.3 is 0 Å². The minimum atomic E-state index is 0.501. The third-order valence-electron chi connectivity index (χ3n) is 3.90. The van der Waals surface area contributed by atoms with Crippen LogP contribution in [0.5, 0.6) is 0 Å². The molecule has 0 aromatic carbocycles. The van der Waals surface area contributed by atoms with E-state index in [1.54, 1.807) is 18.7 Å². The van der Waals surface area contributed by atoms with Crippen LogP contribution >= 0.6 is 0 Å². The summed E-state index contributed by atoms with van der Waals surface area (Å²) in [5.74, 6) is 1.49. The van der Waals surface area contributed by atoms with Gasteiger partial charge in [-0.3, -0.25) is 4.57 Å². The molecule has 6 nitrogen and oxygen atoms in total. The van der Waals surface area contributed by atoms with Gasteiger partial charge in [0.05, 0.1) is 5.52 Å². The van der Waals surface area contributed by atoms with Gasteiger partial charge in [0.15, 0.2) is 5.65 Å². The smallest absolute Gasteiger partial charge is 0.224 e. The second-order valence-corrected chi connectivity index (χ2v) is 5.32. The fourth-order valence-corrected chi connectivity index (χ4v) is 2.84.